The highest BCUT2D eigenvalue weighted by atomic mass is 35.5. The Morgan fingerprint density at radius 2 is 1.95 bits per heavy atom. The Bertz CT molecular complexity index is 682. The molecule has 0 saturated heterocycles. The Morgan fingerprint density at radius 3 is 2.57 bits per heavy atom. The molecule has 108 valence electrons. The first kappa shape index (κ1) is 15.3. The third-order valence-corrected chi connectivity index (χ3v) is 3.37. The molecule has 0 spiro atoms. The van der Waals surface area contributed by atoms with Gasteiger partial charge in [-0.25, -0.2) is 4.39 Å². The van der Waals surface area contributed by atoms with Gasteiger partial charge in [-0.3, -0.25) is 0 Å². The van der Waals surface area contributed by atoms with Gasteiger partial charge in [0.2, 0.25) is 0 Å². The fraction of sp³-hybridized carbons (Fsp3) is 0.188. The lowest BCUT2D eigenvalue weighted by atomic mass is 10.0. The van der Waals surface area contributed by atoms with E-state index in [0.717, 1.165) is 0 Å². The summed E-state index contributed by atoms with van der Waals surface area (Å²) in [5.41, 5.74) is 6.51. The fourth-order valence-corrected chi connectivity index (χ4v) is 2.25. The summed E-state index contributed by atoms with van der Waals surface area (Å²) in [6.07, 6.45) is -0.576. The zero-order chi connectivity index (χ0) is 15.4. The molecule has 2 N–H and O–H groups in total. The van der Waals surface area contributed by atoms with E-state index in [1.165, 1.54) is 18.2 Å². The number of ether oxygens (including phenoxy) is 1. The summed E-state index contributed by atoms with van der Waals surface area (Å²) in [6.45, 7) is 1.76. The van der Waals surface area contributed by atoms with Gasteiger partial charge < -0.3 is 10.5 Å². The van der Waals surface area contributed by atoms with Crippen LogP contribution in [0.5, 0.6) is 5.75 Å². The van der Waals surface area contributed by atoms with E-state index in [2.05, 4.69) is 0 Å². The van der Waals surface area contributed by atoms with E-state index < -0.39 is 11.9 Å². The third-order valence-electron chi connectivity index (χ3n) is 3.03. The number of nitrogens with two attached hydrogens (primary N) is 1. The molecular weight excluding hydrogens is 291 g/mol. The zero-order valence-corrected chi connectivity index (χ0v) is 12.1. The van der Waals surface area contributed by atoms with Gasteiger partial charge in [0, 0.05) is 16.6 Å². The van der Waals surface area contributed by atoms with E-state index in [1.54, 1.807) is 31.2 Å². The summed E-state index contributed by atoms with van der Waals surface area (Å²) in [5.74, 6) is -0.475. The monoisotopic (exact) mass is 304 g/mol. The van der Waals surface area contributed by atoms with E-state index in [0.29, 0.717) is 10.6 Å². The van der Waals surface area contributed by atoms with Gasteiger partial charge >= 0.3 is 0 Å². The first-order valence-electron chi connectivity index (χ1n) is 6.40. The Morgan fingerprint density at radius 1 is 1.24 bits per heavy atom. The quantitative estimate of drug-likeness (QED) is 0.934. The van der Waals surface area contributed by atoms with Gasteiger partial charge in [-0.05, 0) is 25.1 Å². The van der Waals surface area contributed by atoms with Crippen LogP contribution in [0.3, 0.4) is 0 Å². The second-order valence-corrected chi connectivity index (χ2v) is 5.05. The van der Waals surface area contributed by atoms with Gasteiger partial charge in [0.25, 0.3) is 0 Å². The second-order valence-electron chi connectivity index (χ2n) is 4.64. The molecular formula is C16H14ClFN2O. The maximum Gasteiger partial charge on any atom is 0.144 e. The van der Waals surface area contributed by atoms with Crippen molar-refractivity contribution in [2.45, 2.75) is 19.1 Å². The average Bonchev–Trinajstić information content (AvgIpc) is 2.45. The van der Waals surface area contributed by atoms with Crippen molar-refractivity contribution in [1.82, 2.24) is 0 Å². The number of nitriles is 1. The first-order chi connectivity index (χ1) is 10.0. The lowest BCUT2D eigenvalue weighted by Crippen LogP contribution is -2.29. The van der Waals surface area contributed by atoms with Crippen molar-refractivity contribution in [3.05, 3.63) is 64.4 Å². The van der Waals surface area contributed by atoms with Gasteiger partial charge in [-0.1, -0.05) is 35.9 Å². The van der Waals surface area contributed by atoms with Crippen molar-refractivity contribution in [1.29, 1.82) is 5.26 Å². The fourth-order valence-electron chi connectivity index (χ4n) is 2.01. The van der Waals surface area contributed by atoms with Crippen LogP contribution >= 0.6 is 11.6 Å². The number of halogens is 2. The van der Waals surface area contributed by atoms with Crippen LogP contribution in [0.15, 0.2) is 42.5 Å². The smallest absolute Gasteiger partial charge is 0.144 e. The highest BCUT2D eigenvalue weighted by Gasteiger charge is 2.22. The molecule has 2 aromatic rings. The molecule has 0 fully saturated rings. The molecule has 2 rings (SSSR count). The molecule has 0 bridgehead atoms. The van der Waals surface area contributed by atoms with Crippen LogP contribution in [0.2, 0.25) is 5.02 Å². The van der Waals surface area contributed by atoms with E-state index in [-0.39, 0.29) is 17.4 Å². The number of nitrogens with zero attached hydrogens (tertiary/aromatic N) is 1. The minimum Gasteiger partial charge on any atom is -0.483 e. The van der Waals surface area contributed by atoms with Crippen molar-refractivity contribution in [3.63, 3.8) is 0 Å². The van der Waals surface area contributed by atoms with Crippen LogP contribution in [0.4, 0.5) is 4.39 Å². The first-order valence-corrected chi connectivity index (χ1v) is 6.77. The third kappa shape index (κ3) is 3.33. The highest BCUT2D eigenvalue weighted by Crippen LogP contribution is 2.31. The maximum absolute atomic E-state index is 13.6. The molecule has 0 amide bonds. The molecule has 0 aromatic heterocycles. The standard InChI is InChI=1S/C16H14ClFN2O/c1-10(20)16(11-5-2-3-6-13(11)17)21-15-8-4-7-14(18)12(15)9-19/h2-8,10,16H,20H2,1H3. The molecule has 0 aliphatic heterocycles. The van der Waals surface area contributed by atoms with Crippen molar-refractivity contribution in [2.24, 2.45) is 5.73 Å². The number of benzene rings is 2. The Hall–Kier alpha value is -2.09. The van der Waals surface area contributed by atoms with Gasteiger partial charge in [-0.15, -0.1) is 0 Å². The number of hydrogen-bond donors (Lipinski definition) is 1. The Labute approximate surface area is 127 Å². The van der Waals surface area contributed by atoms with Gasteiger partial charge in [-0.2, -0.15) is 5.26 Å². The Balaban J connectivity index is 2.41. The molecule has 0 saturated carbocycles. The summed E-state index contributed by atoms with van der Waals surface area (Å²) >= 11 is 6.16. The summed E-state index contributed by atoms with van der Waals surface area (Å²) in [5, 5.41) is 9.56. The van der Waals surface area contributed by atoms with Crippen molar-refractivity contribution >= 4 is 11.6 Å². The molecule has 3 nitrogen and oxygen atoms in total. The van der Waals surface area contributed by atoms with Crippen molar-refractivity contribution in [2.75, 3.05) is 0 Å². The summed E-state index contributed by atoms with van der Waals surface area (Å²) in [7, 11) is 0. The molecule has 21 heavy (non-hydrogen) atoms. The van der Waals surface area contributed by atoms with E-state index in [1.807, 2.05) is 6.07 Å². The van der Waals surface area contributed by atoms with Crippen LogP contribution in [-0.2, 0) is 0 Å². The van der Waals surface area contributed by atoms with Gasteiger partial charge in [0.15, 0.2) is 0 Å². The molecule has 0 heterocycles. The second kappa shape index (κ2) is 6.57. The average molecular weight is 305 g/mol. The molecule has 2 atom stereocenters. The summed E-state index contributed by atoms with van der Waals surface area (Å²) in [4.78, 5) is 0. The number of hydrogen-bond acceptors (Lipinski definition) is 3. The van der Waals surface area contributed by atoms with E-state index in [9.17, 15) is 4.39 Å². The minimum absolute atomic E-state index is 0.143. The van der Waals surface area contributed by atoms with Crippen LogP contribution in [-0.4, -0.2) is 6.04 Å². The van der Waals surface area contributed by atoms with Crippen molar-refractivity contribution < 1.29 is 9.13 Å². The topological polar surface area (TPSA) is 59.0 Å². The molecule has 0 radical (unpaired) electrons. The predicted molar refractivity (Wildman–Crippen MR) is 79.6 cm³/mol. The SMILES string of the molecule is CC(N)C(Oc1cccc(F)c1C#N)c1ccccc1Cl. The number of rotatable bonds is 4. The summed E-state index contributed by atoms with van der Waals surface area (Å²) < 4.78 is 19.4. The lowest BCUT2D eigenvalue weighted by molar-refractivity contribution is 0.179. The molecule has 2 aromatic carbocycles. The molecule has 0 aliphatic rings. The Kier molecular flexibility index (Phi) is 4.79. The highest BCUT2D eigenvalue weighted by molar-refractivity contribution is 6.31. The van der Waals surface area contributed by atoms with Crippen LogP contribution < -0.4 is 10.5 Å². The summed E-state index contributed by atoms with van der Waals surface area (Å²) in [6, 6.07) is 12.8. The van der Waals surface area contributed by atoms with Gasteiger partial charge in [0.05, 0.1) is 0 Å². The van der Waals surface area contributed by atoms with Crippen LogP contribution in [0, 0.1) is 17.1 Å². The van der Waals surface area contributed by atoms with Crippen LogP contribution in [0.25, 0.3) is 0 Å². The van der Waals surface area contributed by atoms with E-state index in [4.69, 9.17) is 27.3 Å². The molecule has 0 aliphatic carbocycles. The lowest BCUT2D eigenvalue weighted by Gasteiger charge is -2.24. The molecule has 2 unspecified atom stereocenters. The normalized spacial score (nSPS) is 13.3. The largest absolute Gasteiger partial charge is 0.483 e. The van der Waals surface area contributed by atoms with E-state index >= 15 is 0 Å². The molecule has 5 heteroatoms. The van der Waals surface area contributed by atoms with Gasteiger partial charge in [0.1, 0.15) is 29.3 Å². The maximum atomic E-state index is 13.6. The van der Waals surface area contributed by atoms with Crippen LogP contribution in [0.1, 0.15) is 24.2 Å². The van der Waals surface area contributed by atoms with Crippen molar-refractivity contribution in [3.8, 4) is 11.8 Å². The minimum atomic E-state index is -0.627. The zero-order valence-electron chi connectivity index (χ0n) is 11.4. The predicted octanol–water partition coefficient (Wildman–Crippen LogP) is 3.82.